The van der Waals surface area contributed by atoms with E-state index in [0.29, 0.717) is 15.6 Å². The van der Waals surface area contributed by atoms with E-state index in [4.69, 9.17) is 23.2 Å². The van der Waals surface area contributed by atoms with E-state index in [0.717, 1.165) is 10.5 Å². The standard InChI is InChI=1S/C19H15Cl2N3O3/c20-15-7-3-1-5-12(15)9-22-10-14-17(25)23-19(27)24(18(14)26)11-13-6-2-4-8-16(13)21/h1-8,10,14H,9,11H2,(H,23,25,27). The van der Waals surface area contributed by atoms with Crippen molar-refractivity contribution in [3.8, 4) is 0 Å². The molecule has 0 bridgehead atoms. The summed E-state index contributed by atoms with van der Waals surface area (Å²) in [6.45, 7) is 0.182. The minimum Gasteiger partial charge on any atom is -0.291 e. The molecule has 1 fully saturated rings. The number of rotatable bonds is 5. The largest absolute Gasteiger partial charge is 0.331 e. The van der Waals surface area contributed by atoms with Gasteiger partial charge in [0.1, 0.15) is 0 Å². The molecule has 0 saturated carbocycles. The van der Waals surface area contributed by atoms with Crippen molar-refractivity contribution in [1.82, 2.24) is 10.2 Å². The molecule has 27 heavy (non-hydrogen) atoms. The monoisotopic (exact) mass is 403 g/mol. The molecule has 0 aliphatic carbocycles. The molecule has 6 nitrogen and oxygen atoms in total. The van der Waals surface area contributed by atoms with Crippen LogP contribution in [0.1, 0.15) is 11.1 Å². The zero-order valence-corrected chi connectivity index (χ0v) is 15.6. The molecule has 1 atom stereocenters. The molecule has 1 aliphatic heterocycles. The van der Waals surface area contributed by atoms with Gasteiger partial charge in [0.05, 0.1) is 13.1 Å². The molecule has 0 radical (unpaired) electrons. The Morgan fingerprint density at radius 1 is 0.963 bits per heavy atom. The van der Waals surface area contributed by atoms with E-state index < -0.39 is 23.8 Å². The number of halogens is 2. The second-order valence-electron chi connectivity index (χ2n) is 5.87. The predicted octanol–water partition coefficient (Wildman–Crippen LogP) is 3.46. The minimum absolute atomic E-state index is 0.0352. The summed E-state index contributed by atoms with van der Waals surface area (Å²) in [5.41, 5.74) is 1.37. The first-order valence-electron chi connectivity index (χ1n) is 8.10. The molecule has 3 rings (SSSR count). The van der Waals surface area contributed by atoms with E-state index in [1.165, 1.54) is 6.21 Å². The molecule has 1 saturated heterocycles. The van der Waals surface area contributed by atoms with Crippen molar-refractivity contribution in [3.63, 3.8) is 0 Å². The van der Waals surface area contributed by atoms with Crippen molar-refractivity contribution >= 4 is 47.3 Å². The highest BCUT2D eigenvalue weighted by molar-refractivity contribution is 6.31. The molecule has 138 valence electrons. The Morgan fingerprint density at radius 3 is 2.19 bits per heavy atom. The molecule has 8 heteroatoms. The van der Waals surface area contributed by atoms with Crippen molar-refractivity contribution in [2.75, 3.05) is 0 Å². The smallest absolute Gasteiger partial charge is 0.291 e. The van der Waals surface area contributed by atoms with Crippen molar-refractivity contribution in [2.45, 2.75) is 13.1 Å². The van der Waals surface area contributed by atoms with Crippen molar-refractivity contribution in [3.05, 3.63) is 69.7 Å². The number of carbonyl (C=O) groups excluding carboxylic acids is 3. The van der Waals surface area contributed by atoms with Crippen LogP contribution in [-0.4, -0.2) is 29.0 Å². The third-order valence-corrected chi connectivity index (χ3v) is 4.79. The topological polar surface area (TPSA) is 78.8 Å². The van der Waals surface area contributed by atoms with Gasteiger partial charge in [0.15, 0.2) is 5.92 Å². The molecule has 2 aromatic rings. The summed E-state index contributed by atoms with van der Waals surface area (Å²) in [4.78, 5) is 41.9. The summed E-state index contributed by atoms with van der Waals surface area (Å²) < 4.78 is 0. The van der Waals surface area contributed by atoms with Crippen LogP contribution in [0.5, 0.6) is 0 Å². The number of hydrogen-bond acceptors (Lipinski definition) is 4. The van der Waals surface area contributed by atoms with Crippen LogP contribution in [-0.2, 0) is 22.7 Å². The van der Waals surface area contributed by atoms with E-state index in [1.807, 2.05) is 6.07 Å². The zero-order valence-electron chi connectivity index (χ0n) is 14.1. The first kappa shape index (κ1) is 19.1. The number of amides is 4. The van der Waals surface area contributed by atoms with E-state index in [-0.39, 0.29) is 13.1 Å². The molecule has 0 spiro atoms. The van der Waals surface area contributed by atoms with Crippen molar-refractivity contribution in [1.29, 1.82) is 0 Å². The fourth-order valence-electron chi connectivity index (χ4n) is 2.59. The normalized spacial score (nSPS) is 17.5. The number of hydrogen-bond donors (Lipinski definition) is 1. The highest BCUT2D eigenvalue weighted by Gasteiger charge is 2.39. The van der Waals surface area contributed by atoms with Crippen LogP contribution in [0.25, 0.3) is 0 Å². The second kappa shape index (κ2) is 8.33. The average Bonchev–Trinajstić information content (AvgIpc) is 2.64. The van der Waals surface area contributed by atoms with Gasteiger partial charge in [0, 0.05) is 16.3 Å². The number of nitrogens with one attached hydrogen (secondary N) is 1. The van der Waals surface area contributed by atoms with Gasteiger partial charge in [0.25, 0.3) is 0 Å². The van der Waals surface area contributed by atoms with E-state index in [2.05, 4.69) is 10.3 Å². The summed E-state index contributed by atoms with van der Waals surface area (Å²) in [5.74, 6) is -2.54. The van der Waals surface area contributed by atoms with Crippen LogP contribution in [0.3, 0.4) is 0 Å². The lowest BCUT2D eigenvalue weighted by Gasteiger charge is -2.28. The van der Waals surface area contributed by atoms with Crippen LogP contribution in [0, 0.1) is 5.92 Å². The van der Waals surface area contributed by atoms with Crippen molar-refractivity contribution in [2.24, 2.45) is 10.9 Å². The van der Waals surface area contributed by atoms with E-state index in [1.54, 1.807) is 42.5 Å². The average molecular weight is 404 g/mol. The lowest BCUT2D eigenvalue weighted by Crippen LogP contribution is -2.57. The first-order chi connectivity index (χ1) is 13.0. The van der Waals surface area contributed by atoms with Crippen LogP contribution < -0.4 is 5.32 Å². The van der Waals surface area contributed by atoms with Gasteiger partial charge < -0.3 is 0 Å². The molecule has 1 unspecified atom stereocenters. The number of nitrogens with zero attached hydrogens (tertiary/aromatic N) is 2. The molecular formula is C19H15Cl2N3O3. The Kier molecular flexibility index (Phi) is 5.88. The van der Waals surface area contributed by atoms with Crippen molar-refractivity contribution < 1.29 is 14.4 Å². The van der Waals surface area contributed by atoms with Gasteiger partial charge in [-0.25, -0.2) is 4.79 Å². The molecule has 1 N–H and O–H groups in total. The maximum Gasteiger partial charge on any atom is 0.331 e. The van der Waals surface area contributed by atoms with Gasteiger partial charge in [-0.2, -0.15) is 0 Å². The quantitative estimate of drug-likeness (QED) is 0.613. The van der Waals surface area contributed by atoms with Gasteiger partial charge >= 0.3 is 6.03 Å². The van der Waals surface area contributed by atoms with E-state index >= 15 is 0 Å². The fourth-order valence-corrected chi connectivity index (χ4v) is 2.98. The predicted molar refractivity (Wildman–Crippen MR) is 103 cm³/mol. The third kappa shape index (κ3) is 4.35. The Hall–Kier alpha value is -2.70. The summed E-state index contributed by atoms with van der Waals surface area (Å²) in [7, 11) is 0. The number of benzene rings is 2. The Bertz CT molecular complexity index is 930. The number of imide groups is 2. The van der Waals surface area contributed by atoms with Gasteiger partial charge in [-0.15, -0.1) is 0 Å². The van der Waals surface area contributed by atoms with Gasteiger partial charge in [-0.3, -0.25) is 24.8 Å². The van der Waals surface area contributed by atoms with Crippen LogP contribution in [0.2, 0.25) is 10.0 Å². The highest BCUT2D eigenvalue weighted by atomic mass is 35.5. The maximum atomic E-state index is 12.7. The molecule has 1 heterocycles. The summed E-state index contributed by atoms with van der Waals surface area (Å²) in [5, 5.41) is 3.15. The summed E-state index contributed by atoms with van der Waals surface area (Å²) >= 11 is 12.2. The van der Waals surface area contributed by atoms with Crippen LogP contribution >= 0.6 is 23.2 Å². The van der Waals surface area contributed by atoms with Gasteiger partial charge in [-0.05, 0) is 23.3 Å². The number of aliphatic imine (C=N–C) groups is 1. The molecular weight excluding hydrogens is 389 g/mol. The third-order valence-electron chi connectivity index (χ3n) is 4.05. The number of barbiturate groups is 1. The number of carbonyl (C=O) groups is 3. The highest BCUT2D eigenvalue weighted by Crippen LogP contribution is 2.20. The molecule has 2 aromatic carbocycles. The molecule has 1 aliphatic rings. The number of urea groups is 1. The Morgan fingerprint density at radius 2 is 1.56 bits per heavy atom. The first-order valence-corrected chi connectivity index (χ1v) is 8.86. The Balaban J connectivity index is 1.75. The van der Waals surface area contributed by atoms with Crippen LogP contribution in [0.15, 0.2) is 53.5 Å². The van der Waals surface area contributed by atoms with Crippen LogP contribution in [0.4, 0.5) is 4.79 Å². The van der Waals surface area contributed by atoms with E-state index in [9.17, 15) is 14.4 Å². The second-order valence-corrected chi connectivity index (χ2v) is 6.68. The Labute approximate surface area is 165 Å². The minimum atomic E-state index is -1.19. The van der Waals surface area contributed by atoms with Gasteiger partial charge in [0.2, 0.25) is 11.8 Å². The SMILES string of the molecule is O=C1NC(=O)N(Cc2ccccc2Cl)C(=O)C1C=NCc1ccccc1Cl. The lowest BCUT2D eigenvalue weighted by atomic mass is 10.1. The molecule has 4 amide bonds. The summed E-state index contributed by atoms with van der Waals surface area (Å²) in [6.07, 6.45) is 1.24. The summed E-state index contributed by atoms with van der Waals surface area (Å²) in [6, 6.07) is 13.2. The van der Waals surface area contributed by atoms with Gasteiger partial charge in [-0.1, -0.05) is 59.6 Å². The lowest BCUT2D eigenvalue weighted by molar-refractivity contribution is -0.139. The zero-order chi connectivity index (χ0) is 19.4. The fraction of sp³-hybridized carbons (Fsp3) is 0.158. The molecule has 0 aromatic heterocycles. The maximum absolute atomic E-state index is 12.7.